The lowest BCUT2D eigenvalue weighted by Crippen LogP contribution is -2.48. The van der Waals surface area contributed by atoms with Crippen molar-refractivity contribution in [2.24, 2.45) is 0 Å². The monoisotopic (exact) mass is 221 g/mol. The second-order valence-electron chi connectivity index (χ2n) is 4.14. The lowest BCUT2D eigenvalue weighted by Gasteiger charge is -2.36. The van der Waals surface area contributed by atoms with Crippen LogP contribution in [-0.2, 0) is 11.0 Å². The number of piperidine rings is 1. The van der Waals surface area contributed by atoms with E-state index < -0.39 is 16.6 Å². The zero-order chi connectivity index (χ0) is 10.8. The Bertz CT molecular complexity index is 212. The van der Waals surface area contributed by atoms with Crippen LogP contribution in [0.5, 0.6) is 0 Å². The summed E-state index contributed by atoms with van der Waals surface area (Å²) in [7, 11) is -0.953. The Morgan fingerprint density at radius 3 is 2.29 bits per heavy atom. The van der Waals surface area contributed by atoms with Gasteiger partial charge < -0.3 is 10.2 Å². The Kier molecular flexibility index (Phi) is 4.06. The van der Waals surface area contributed by atoms with Gasteiger partial charge in [0, 0.05) is 18.3 Å². The number of hydrogen-bond donors (Lipinski definition) is 2. The predicted octanol–water partition coefficient (Wildman–Crippen LogP) is -0.122. The molecule has 1 saturated heterocycles. The first-order chi connectivity index (χ1) is 6.48. The molecule has 1 unspecified atom stereocenters. The van der Waals surface area contributed by atoms with Gasteiger partial charge in [0.1, 0.15) is 0 Å². The van der Waals surface area contributed by atoms with Gasteiger partial charge in [-0.2, -0.15) is 0 Å². The van der Waals surface area contributed by atoms with E-state index in [0.29, 0.717) is 25.9 Å². The molecule has 0 saturated carbocycles. The summed E-state index contributed by atoms with van der Waals surface area (Å²) in [6.07, 6.45) is 1.00. The molecule has 5 heteroatoms. The second kappa shape index (κ2) is 4.70. The first-order valence-electron chi connectivity index (χ1n) is 4.97. The topological polar surface area (TPSA) is 60.8 Å². The summed E-state index contributed by atoms with van der Waals surface area (Å²) in [5, 5.41) is 18.8. The maximum absolute atomic E-state index is 11.7. The molecule has 1 heterocycles. The van der Waals surface area contributed by atoms with Gasteiger partial charge in [-0.3, -0.25) is 0 Å². The Morgan fingerprint density at radius 1 is 1.43 bits per heavy atom. The molecule has 0 aromatic heterocycles. The largest absolute Gasteiger partial charge is 0.393 e. The highest BCUT2D eigenvalue weighted by Gasteiger charge is 2.33. The van der Waals surface area contributed by atoms with E-state index in [-0.39, 0.29) is 11.9 Å². The van der Waals surface area contributed by atoms with E-state index in [1.54, 1.807) is 0 Å². The van der Waals surface area contributed by atoms with Gasteiger partial charge in [0.25, 0.3) is 0 Å². The second-order valence-corrected chi connectivity index (χ2v) is 6.15. The zero-order valence-corrected chi connectivity index (χ0v) is 9.59. The number of rotatable bonds is 3. The summed E-state index contributed by atoms with van der Waals surface area (Å²) in [6, 6.07) is 0. The standard InChI is InChI=1S/C9H19NO3S/c1-8(2)14(13)10-5-3-9(12,7-11)4-6-10/h8,11-12H,3-7H2,1-2H3. The van der Waals surface area contributed by atoms with Crippen molar-refractivity contribution >= 4 is 11.0 Å². The van der Waals surface area contributed by atoms with Gasteiger partial charge in [-0.05, 0) is 26.7 Å². The van der Waals surface area contributed by atoms with Crippen molar-refractivity contribution in [1.29, 1.82) is 0 Å². The summed E-state index contributed by atoms with van der Waals surface area (Å²) in [6.45, 7) is 4.84. The number of aliphatic hydroxyl groups is 2. The van der Waals surface area contributed by atoms with Crippen molar-refractivity contribution in [3.8, 4) is 0 Å². The highest BCUT2D eigenvalue weighted by molar-refractivity contribution is 7.83. The fourth-order valence-electron chi connectivity index (χ4n) is 1.54. The van der Waals surface area contributed by atoms with Crippen LogP contribution >= 0.6 is 0 Å². The fourth-order valence-corrected chi connectivity index (χ4v) is 2.68. The number of aliphatic hydroxyl groups excluding tert-OH is 1. The predicted molar refractivity (Wildman–Crippen MR) is 56.1 cm³/mol. The van der Waals surface area contributed by atoms with E-state index in [4.69, 9.17) is 5.11 Å². The summed E-state index contributed by atoms with van der Waals surface area (Å²) >= 11 is 0. The van der Waals surface area contributed by atoms with E-state index in [0.717, 1.165) is 0 Å². The molecule has 0 aromatic rings. The summed E-state index contributed by atoms with van der Waals surface area (Å²) in [5.41, 5.74) is -0.947. The highest BCUT2D eigenvalue weighted by Crippen LogP contribution is 2.23. The molecule has 84 valence electrons. The Morgan fingerprint density at radius 2 is 1.93 bits per heavy atom. The first kappa shape index (κ1) is 12.1. The average Bonchev–Trinajstić information content (AvgIpc) is 2.18. The van der Waals surface area contributed by atoms with E-state index in [2.05, 4.69) is 0 Å². The third kappa shape index (κ3) is 2.76. The van der Waals surface area contributed by atoms with E-state index >= 15 is 0 Å². The van der Waals surface area contributed by atoms with E-state index in [1.165, 1.54) is 0 Å². The maximum Gasteiger partial charge on any atom is 0.0968 e. The molecule has 0 bridgehead atoms. The zero-order valence-electron chi connectivity index (χ0n) is 8.77. The summed E-state index contributed by atoms with van der Waals surface area (Å²) < 4.78 is 13.6. The van der Waals surface area contributed by atoms with Gasteiger partial charge in [-0.1, -0.05) is 0 Å². The van der Waals surface area contributed by atoms with Crippen molar-refractivity contribution in [3.05, 3.63) is 0 Å². The minimum absolute atomic E-state index is 0.121. The molecule has 0 aromatic carbocycles. The average molecular weight is 221 g/mol. The number of nitrogens with zero attached hydrogens (tertiary/aromatic N) is 1. The first-order valence-corrected chi connectivity index (χ1v) is 6.14. The molecule has 1 rings (SSSR count). The van der Waals surface area contributed by atoms with Crippen LogP contribution in [-0.4, -0.2) is 49.3 Å². The van der Waals surface area contributed by atoms with Crippen LogP contribution in [0.4, 0.5) is 0 Å². The summed E-state index contributed by atoms with van der Waals surface area (Å²) in [5.74, 6) is 0. The Labute approximate surface area is 87.5 Å². The van der Waals surface area contributed by atoms with Gasteiger partial charge >= 0.3 is 0 Å². The molecular formula is C9H19NO3S. The molecule has 0 spiro atoms. The van der Waals surface area contributed by atoms with Crippen molar-refractivity contribution in [2.75, 3.05) is 19.7 Å². The highest BCUT2D eigenvalue weighted by atomic mass is 32.2. The van der Waals surface area contributed by atoms with Gasteiger partial charge in [0.2, 0.25) is 0 Å². The lowest BCUT2D eigenvalue weighted by molar-refractivity contribution is -0.0475. The van der Waals surface area contributed by atoms with Crippen LogP contribution in [0.3, 0.4) is 0 Å². The fraction of sp³-hybridized carbons (Fsp3) is 1.00. The maximum atomic E-state index is 11.7. The molecule has 1 aliphatic heterocycles. The molecular weight excluding hydrogens is 202 g/mol. The van der Waals surface area contributed by atoms with E-state index in [1.807, 2.05) is 18.2 Å². The van der Waals surface area contributed by atoms with Crippen molar-refractivity contribution in [3.63, 3.8) is 0 Å². The van der Waals surface area contributed by atoms with Crippen LogP contribution in [0.2, 0.25) is 0 Å². The van der Waals surface area contributed by atoms with Crippen molar-refractivity contribution < 1.29 is 14.4 Å². The lowest BCUT2D eigenvalue weighted by atomic mass is 9.94. The van der Waals surface area contributed by atoms with Crippen LogP contribution < -0.4 is 0 Å². The molecule has 1 fully saturated rings. The van der Waals surface area contributed by atoms with Crippen LogP contribution in [0.15, 0.2) is 0 Å². The third-order valence-electron chi connectivity index (χ3n) is 2.61. The number of hydrogen-bond acceptors (Lipinski definition) is 3. The molecule has 0 aliphatic carbocycles. The molecule has 0 radical (unpaired) electrons. The van der Waals surface area contributed by atoms with Gasteiger partial charge in [-0.25, -0.2) is 8.51 Å². The van der Waals surface area contributed by atoms with Gasteiger partial charge in [-0.15, -0.1) is 0 Å². The van der Waals surface area contributed by atoms with E-state index in [9.17, 15) is 9.32 Å². The molecule has 4 nitrogen and oxygen atoms in total. The Balaban J connectivity index is 2.47. The van der Waals surface area contributed by atoms with Crippen LogP contribution in [0.1, 0.15) is 26.7 Å². The molecule has 0 amide bonds. The third-order valence-corrected chi connectivity index (χ3v) is 4.29. The Hall–Kier alpha value is 0.0300. The molecule has 14 heavy (non-hydrogen) atoms. The summed E-state index contributed by atoms with van der Waals surface area (Å²) in [4.78, 5) is 0. The molecule has 1 aliphatic rings. The minimum Gasteiger partial charge on any atom is -0.393 e. The van der Waals surface area contributed by atoms with Gasteiger partial charge in [0.05, 0.1) is 23.2 Å². The minimum atomic E-state index is -0.953. The van der Waals surface area contributed by atoms with Crippen LogP contribution in [0, 0.1) is 0 Å². The molecule has 2 N–H and O–H groups in total. The van der Waals surface area contributed by atoms with Crippen molar-refractivity contribution in [1.82, 2.24) is 4.31 Å². The van der Waals surface area contributed by atoms with Crippen molar-refractivity contribution in [2.45, 2.75) is 37.5 Å². The van der Waals surface area contributed by atoms with Crippen LogP contribution in [0.25, 0.3) is 0 Å². The normalized spacial score (nSPS) is 25.2. The SMILES string of the molecule is CC(C)S(=O)N1CCC(O)(CO)CC1. The quantitative estimate of drug-likeness (QED) is 0.698. The van der Waals surface area contributed by atoms with Gasteiger partial charge in [0.15, 0.2) is 0 Å². The smallest absolute Gasteiger partial charge is 0.0968 e. The molecule has 1 atom stereocenters.